The quantitative estimate of drug-likeness (QED) is 0.911. The highest BCUT2D eigenvalue weighted by molar-refractivity contribution is 5.33. The molecule has 0 aliphatic carbocycles. The number of aromatic nitrogens is 2. The molecule has 5 nitrogen and oxygen atoms in total. The maximum atomic E-state index is 5.67. The zero-order valence-corrected chi connectivity index (χ0v) is 13.0. The van der Waals surface area contributed by atoms with E-state index in [1.807, 2.05) is 6.20 Å². The van der Waals surface area contributed by atoms with Gasteiger partial charge in [0.15, 0.2) is 0 Å². The first-order valence-corrected chi connectivity index (χ1v) is 7.48. The molecule has 112 valence electrons. The first-order chi connectivity index (χ1) is 9.56. The molecule has 2 rings (SSSR count). The van der Waals surface area contributed by atoms with Crippen LogP contribution in [0.25, 0.3) is 0 Å². The molecule has 1 fully saturated rings. The Bertz CT molecular complexity index is 436. The second-order valence-electron chi connectivity index (χ2n) is 5.80. The minimum atomic E-state index is 0.240. The van der Waals surface area contributed by atoms with Crippen LogP contribution in [0.2, 0.25) is 0 Å². The molecular formula is C15H26N4O. The Kier molecular flexibility index (Phi) is 5.31. The Hall–Kier alpha value is -1.20. The van der Waals surface area contributed by atoms with Gasteiger partial charge in [0.1, 0.15) is 0 Å². The van der Waals surface area contributed by atoms with Gasteiger partial charge in [-0.15, -0.1) is 0 Å². The average molecular weight is 278 g/mol. The van der Waals surface area contributed by atoms with Gasteiger partial charge < -0.3 is 15.0 Å². The molecule has 1 saturated heterocycles. The van der Waals surface area contributed by atoms with Crippen molar-refractivity contribution in [2.75, 3.05) is 24.6 Å². The van der Waals surface area contributed by atoms with Crippen molar-refractivity contribution < 1.29 is 4.74 Å². The number of ether oxygens (including phenoxy) is 1. The molecule has 1 aliphatic heterocycles. The molecule has 1 aliphatic rings. The van der Waals surface area contributed by atoms with Crippen LogP contribution in [0.15, 0.2) is 6.20 Å². The lowest BCUT2D eigenvalue weighted by atomic mass is 10.2. The number of nitrogens with one attached hydrogen (secondary N) is 1. The summed E-state index contributed by atoms with van der Waals surface area (Å²) in [5.41, 5.74) is 2.22. The minimum Gasteiger partial charge on any atom is -0.377 e. The summed E-state index contributed by atoms with van der Waals surface area (Å²) in [6.45, 7) is 11.9. The molecule has 1 aromatic heterocycles. The SMILES string of the molecule is Cc1nc(N2CCCOC(C)C2)ncc1CNC(C)C. The van der Waals surface area contributed by atoms with E-state index in [1.54, 1.807) is 0 Å². The van der Waals surface area contributed by atoms with Crippen LogP contribution in [-0.4, -0.2) is 41.8 Å². The number of anilines is 1. The Morgan fingerprint density at radius 2 is 2.30 bits per heavy atom. The zero-order valence-electron chi connectivity index (χ0n) is 13.0. The van der Waals surface area contributed by atoms with E-state index in [2.05, 4.69) is 47.9 Å². The molecule has 1 aromatic rings. The topological polar surface area (TPSA) is 50.3 Å². The van der Waals surface area contributed by atoms with Crippen molar-refractivity contribution in [3.63, 3.8) is 0 Å². The van der Waals surface area contributed by atoms with Crippen molar-refractivity contribution in [3.8, 4) is 0 Å². The standard InChI is InChI=1S/C15H26N4O/c1-11(2)16-8-14-9-17-15(18-13(14)4)19-6-5-7-20-12(3)10-19/h9,11-12,16H,5-8,10H2,1-4H3. The summed E-state index contributed by atoms with van der Waals surface area (Å²) in [6, 6.07) is 0.470. The van der Waals surface area contributed by atoms with Gasteiger partial charge in [0, 0.05) is 49.7 Å². The van der Waals surface area contributed by atoms with Crippen molar-refractivity contribution in [2.24, 2.45) is 0 Å². The van der Waals surface area contributed by atoms with Crippen molar-refractivity contribution in [1.29, 1.82) is 0 Å². The van der Waals surface area contributed by atoms with Crippen molar-refractivity contribution in [2.45, 2.75) is 52.8 Å². The van der Waals surface area contributed by atoms with E-state index < -0.39 is 0 Å². The summed E-state index contributed by atoms with van der Waals surface area (Å²) in [5, 5.41) is 3.41. The van der Waals surface area contributed by atoms with Crippen LogP contribution in [0, 0.1) is 6.92 Å². The van der Waals surface area contributed by atoms with E-state index in [0.29, 0.717) is 6.04 Å². The summed E-state index contributed by atoms with van der Waals surface area (Å²) in [6.07, 6.45) is 3.22. The number of nitrogens with zero attached hydrogens (tertiary/aromatic N) is 3. The van der Waals surface area contributed by atoms with Crippen molar-refractivity contribution in [3.05, 3.63) is 17.5 Å². The maximum absolute atomic E-state index is 5.67. The van der Waals surface area contributed by atoms with E-state index in [0.717, 1.165) is 44.3 Å². The van der Waals surface area contributed by atoms with E-state index in [9.17, 15) is 0 Å². The monoisotopic (exact) mass is 278 g/mol. The third-order valence-electron chi connectivity index (χ3n) is 3.50. The third-order valence-corrected chi connectivity index (χ3v) is 3.50. The predicted molar refractivity (Wildman–Crippen MR) is 81.0 cm³/mol. The first kappa shape index (κ1) is 15.2. The second-order valence-corrected chi connectivity index (χ2v) is 5.80. The predicted octanol–water partition coefficient (Wildman–Crippen LogP) is 1.90. The smallest absolute Gasteiger partial charge is 0.225 e. The van der Waals surface area contributed by atoms with Gasteiger partial charge in [-0.25, -0.2) is 9.97 Å². The Labute approximate surface area is 121 Å². The highest BCUT2D eigenvalue weighted by atomic mass is 16.5. The van der Waals surface area contributed by atoms with Crippen LogP contribution < -0.4 is 10.2 Å². The van der Waals surface area contributed by atoms with Gasteiger partial charge in [-0.3, -0.25) is 0 Å². The van der Waals surface area contributed by atoms with Crippen molar-refractivity contribution in [1.82, 2.24) is 15.3 Å². The van der Waals surface area contributed by atoms with Crippen LogP contribution >= 0.6 is 0 Å². The molecule has 0 amide bonds. The first-order valence-electron chi connectivity index (χ1n) is 7.48. The Balaban J connectivity index is 2.07. The molecule has 1 N–H and O–H groups in total. The molecule has 2 heterocycles. The largest absolute Gasteiger partial charge is 0.377 e. The fraction of sp³-hybridized carbons (Fsp3) is 0.733. The molecule has 1 atom stereocenters. The van der Waals surface area contributed by atoms with Gasteiger partial charge in [-0.05, 0) is 20.3 Å². The summed E-state index contributed by atoms with van der Waals surface area (Å²) >= 11 is 0. The van der Waals surface area contributed by atoms with Crippen LogP contribution in [0.5, 0.6) is 0 Å². The average Bonchev–Trinajstić information content (AvgIpc) is 2.62. The van der Waals surface area contributed by atoms with Gasteiger partial charge in [0.05, 0.1) is 6.10 Å². The highest BCUT2D eigenvalue weighted by Gasteiger charge is 2.18. The van der Waals surface area contributed by atoms with Crippen LogP contribution in [0.4, 0.5) is 5.95 Å². The number of hydrogen-bond donors (Lipinski definition) is 1. The zero-order chi connectivity index (χ0) is 14.5. The lowest BCUT2D eigenvalue weighted by molar-refractivity contribution is 0.0820. The van der Waals surface area contributed by atoms with Gasteiger partial charge in [-0.2, -0.15) is 0 Å². The second kappa shape index (κ2) is 6.99. The maximum Gasteiger partial charge on any atom is 0.225 e. The number of aryl methyl sites for hydroxylation is 1. The van der Waals surface area contributed by atoms with E-state index in [-0.39, 0.29) is 6.10 Å². The van der Waals surface area contributed by atoms with Crippen LogP contribution in [0.1, 0.15) is 38.4 Å². The summed E-state index contributed by atoms with van der Waals surface area (Å²) in [7, 11) is 0. The highest BCUT2D eigenvalue weighted by Crippen LogP contribution is 2.15. The summed E-state index contributed by atoms with van der Waals surface area (Å²) < 4.78 is 5.67. The van der Waals surface area contributed by atoms with Crippen LogP contribution in [0.3, 0.4) is 0 Å². The van der Waals surface area contributed by atoms with Crippen LogP contribution in [-0.2, 0) is 11.3 Å². The van der Waals surface area contributed by atoms with Crippen molar-refractivity contribution >= 4 is 5.95 Å². The molecule has 20 heavy (non-hydrogen) atoms. The normalized spacial score (nSPS) is 20.2. The number of rotatable bonds is 4. The van der Waals surface area contributed by atoms with Gasteiger partial charge >= 0.3 is 0 Å². The van der Waals surface area contributed by atoms with Gasteiger partial charge in [-0.1, -0.05) is 13.8 Å². The Morgan fingerprint density at radius 3 is 3.00 bits per heavy atom. The van der Waals surface area contributed by atoms with E-state index >= 15 is 0 Å². The lowest BCUT2D eigenvalue weighted by Gasteiger charge is -2.22. The number of hydrogen-bond acceptors (Lipinski definition) is 5. The molecule has 0 radical (unpaired) electrons. The molecule has 1 unspecified atom stereocenters. The fourth-order valence-electron chi connectivity index (χ4n) is 2.30. The van der Waals surface area contributed by atoms with E-state index in [1.165, 1.54) is 5.56 Å². The fourth-order valence-corrected chi connectivity index (χ4v) is 2.30. The molecule has 0 spiro atoms. The van der Waals surface area contributed by atoms with Gasteiger partial charge in [0.25, 0.3) is 0 Å². The van der Waals surface area contributed by atoms with E-state index in [4.69, 9.17) is 4.74 Å². The minimum absolute atomic E-state index is 0.240. The Morgan fingerprint density at radius 1 is 1.50 bits per heavy atom. The summed E-state index contributed by atoms with van der Waals surface area (Å²) in [4.78, 5) is 11.4. The molecule has 0 bridgehead atoms. The molecule has 0 aromatic carbocycles. The molecular weight excluding hydrogens is 252 g/mol. The third kappa shape index (κ3) is 4.15. The molecule has 0 saturated carbocycles. The van der Waals surface area contributed by atoms with Gasteiger partial charge in [0.2, 0.25) is 5.95 Å². The molecule has 5 heteroatoms. The summed E-state index contributed by atoms with van der Waals surface area (Å²) in [5.74, 6) is 0.827. The lowest BCUT2D eigenvalue weighted by Crippen LogP contribution is -2.32.